The number of nitrogens with zero attached hydrogens (tertiary/aromatic N) is 1. The molecule has 0 N–H and O–H groups in total. The third-order valence-electron chi connectivity index (χ3n) is 20.4. The Hall–Kier alpha value is -0.640. The molecular weight excluding hydrogens is 867 g/mol. The highest BCUT2D eigenvalue weighted by Gasteiger charge is 2.72. The molecule has 67 heavy (non-hydrogen) atoms. The monoisotopic (exact) mass is 948 g/mol. The smallest absolute Gasteiger partial charge is 0.201 e. The summed E-state index contributed by atoms with van der Waals surface area (Å²) in [5.41, 5.74) is -1.89. The Balaban J connectivity index is 0.730. The lowest BCUT2D eigenvalue weighted by Crippen LogP contribution is -2.70. The fraction of sp³-hybridized carbons (Fsp3) is 1.00. The van der Waals surface area contributed by atoms with Crippen molar-refractivity contribution in [2.24, 2.45) is 71.0 Å². The number of fused-ring (bicyclic) bond motifs is 6. The van der Waals surface area contributed by atoms with E-state index in [1.807, 2.05) is 20.8 Å². The van der Waals surface area contributed by atoms with Crippen molar-refractivity contribution in [1.82, 2.24) is 4.90 Å². The van der Waals surface area contributed by atoms with E-state index in [0.29, 0.717) is 75.0 Å². The first kappa shape index (κ1) is 47.4. The SMILES string of the molecule is C[C@H]1[C@@H](OCCN(CCO[C@H]2O[C@@H]3O[C@]4(C)CC[C@H]5[C@H](C)CC[C@@H]([C@H]2C)[C@@]35OO4)CCO[C@H]2O[C@@H]3O[C@]4(C)CC[C@H]5[C@H](C)CC[C@@H]([C@H]2C)[C@@]35OO4)O[C@@H]2O[C@]3(C)CC[C@H]4[C@H](C)CC[C@@H]1[C@@]24OO3. The van der Waals surface area contributed by atoms with Gasteiger partial charge in [0.15, 0.2) is 54.5 Å². The molecule has 15 rings (SSSR count). The predicted molar refractivity (Wildman–Crippen MR) is 235 cm³/mol. The highest BCUT2D eigenvalue weighted by Crippen LogP contribution is 2.64. The zero-order chi connectivity index (χ0) is 46.3. The van der Waals surface area contributed by atoms with Crippen molar-refractivity contribution < 1.29 is 72.0 Å². The topological polar surface area (TPSA) is 142 Å². The summed E-state index contributed by atoms with van der Waals surface area (Å²) < 4.78 is 60.6. The molecule has 16 nitrogen and oxygen atoms in total. The van der Waals surface area contributed by atoms with Gasteiger partial charge in [-0.05, 0) is 114 Å². The van der Waals surface area contributed by atoms with Crippen LogP contribution in [0.4, 0.5) is 0 Å². The Kier molecular flexibility index (Phi) is 12.2. The van der Waals surface area contributed by atoms with Crippen LogP contribution >= 0.6 is 0 Å². The predicted octanol–water partition coefficient (Wildman–Crippen LogP) is 7.96. The Morgan fingerprint density at radius 2 is 0.687 bits per heavy atom. The molecule has 0 aromatic heterocycles. The second-order valence-electron chi connectivity index (χ2n) is 24.3. The van der Waals surface area contributed by atoms with E-state index < -0.39 is 71.9 Å². The molecule has 12 heterocycles. The summed E-state index contributed by atoms with van der Waals surface area (Å²) in [4.78, 5) is 39.8. The van der Waals surface area contributed by atoms with Crippen molar-refractivity contribution in [3.63, 3.8) is 0 Å². The number of rotatable bonds is 12. The van der Waals surface area contributed by atoms with E-state index in [4.69, 9.17) is 72.0 Å². The summed E-state index contributed by atoms with van der Waals surface area (Å²) >= 11 is 0. The molecule has 3 aliphatic carbocycles. The van der Waals surface area contributed by atoms with Gasteiger partial charge in [0.2, 0.25) is 17.4 Å². The minimum absolute atomic E-state index is 0.0865. The van der Waals surface area contributed by atoms with Crippen LogP contribution in [0.15, 0.2) is 0 Å². The molecule has 15 aliphatic rings. The van der Waals surface area contributed by atoms with Gasteiger partial charge in [-0.3, -0.25) is 4.90 Å². The van der Waals surface area contributed by atoms with Gasteiger partial charge < -0.3 is 42.6 Å². The first-order valence-corrected chi connectivity index (χ1v) is 26.8. The van der Waals surface area contributed by atoms with Crippen molar-refractivity contribution in [2.75, 3.05) is 39.5 Å². The fourth-order valence-corrected chi connectivity index (χ4v) is 16.4. The average Bonchev–Trinajstić information content (AvgIpc) is 3.78. The Labute approximate surface area is 397 Å². The zero-order valence-corrected chi connectivity index (χ0v) is 41.7. The molecule has 3 spiro atoms. The van der Waals surface area contributed by atoms with Crippen LogP contribution in [-0.2, 0) is 72.0 Å². The summed E-state index contributed by atoms with van der Waals surface area (Å²) in [7, 11) is 0. The van der Waals surface area contributed by atoms with E-state index in [9.17, 15) is 0 Å². The van der Waals surface area contributed by atoms with Gasteiger partial charge in [-0.1, -0.05) is 41.5 Å². The third-order valence-corrected chi connectivity index (χ3v) is 20.4. The second kappa shape index (κ2) is 17.2. The van der Waals surface area contributed by atoms with E-state index in [1.165, 1.54) is 0 Å². The normalized spacial score (nSPS) is 57.2. The van der Waals surface area contributed by atoms with E-state index in [0.717, 1.165) is 77.0 Å². The molecule has 15 fully saturated rings. The van der Waals surface area contributed by atoms with Gasteiger partial charge in [0.25, 0.3) is 0 Å². The molecule has 3 saturated carbocycles. The molecule has 0 amide bonds. The Morgan fingerprint density at radius 3 is 0.985 bits per heavy atom. The van der Waals surface area contributed by atoms with Gasteiger partial charge in [-0.15, -0.1) is 0 Å². The lowest BCUT2D eigenvalue weighted by molar-refractivity contribution is -0.577. The largest absolute Gasteiger partial charge is 0.351 e. The van der Waals surface area contributed by atoms with Gasteiger partial charge in [0.1, 0.15) is 0 Å². The maximum Gasteiger partial charge on any atom is 0.201 e. The fourth-order valence-electron chi connectivity index (χ4n) is 16.4. The van der Waals surface area contributed by atoms with Crippen LogP contribution in [0.3, 0.4) is 0 Å². The molecule has 0 radical (unpaired) electrons. The quantitative estimate of drug-likeness (QED) is 0.175. The summed E-state index contributed by atoms with van der Waals surface area (Å²) in [6.45, 7) is 22.9. The van der Waals surface area contributed by atoms with Crippen LogP contribution < -0.4 is 0 Å². The van der Waals surface area contributed by atoms with Crippen LogP contribution in [0.2, 0.25) is 0 Å². The molecule has 12 saturated heterocycles. The maximum atomic E-state index is 6.81. The summed E-state index contributed by atoms with van der Waals surface area (Å²) in [5, 5.41) is 0. The molecule has 0 aromatic carbocycles. The molecule has 0 unspecified atom stereocenters. The lowest BCUT2D eigenvalue weighted by Gasteiger charge is -2.60. The standard InChI is InChI=1S/C51H81NO15/c1-28-10-13-37-31(4)40(56-43-49(37)34(28)16-19-46(7,59-43)62-65-49)53-25-22-52(23-26-54-41-32(5)38-14-11-29(2)35-17-20-47(8)60-44(57-41)50(35,38)66-63-47)24-27-55-42-33(6)39-15-12-30(3)36-18-21-48(9)61-45(58-42)51(36,39)67-64-48/h28-45H,10-27H2,1-9H3/t28-,29-,30-,31-,32-,33-,34+,35+,36+,37+,38+,39+,40+,41+,42+,43-,44-,45-,46+,47+,48+,49-,50-,51-/m1/s1. The molecule has 0 aromatic rings. The first-order valence-electron chi connectivity index (χ1n) is 26.8. The van der Waals surface area contributed by atoms with Gasteiger partial charge in [0.05, 0.1) is 19.8 Å². The molecule has 6 bridgehead atoms. The summed E-state index contributed by atoms with van der Waals surface area (Å²) in [5.74, 6) is 0.710. The van der Waals surface area contributed by atoms with Gasteiger partial charge in [0, 0.05) is 74.4 Å². The van der Waals surface area contributed by atoms with Crippen molar-refractivity contribution in [3.05, 3.63) is 0 Å². The number of ether oxygens (including phenoxy) is 9. The van der Waals surface area contributed by atoms with Gasteiger partial charge in [-0.2, -0.15) is 0 Å². The Morgan fingerprint density at radius 1 is 0.388 bits per heavy atom. The van der Waals surface area contributed by atoms with E-state index in [-0.39, 0.29) is 35.5 Å². The van der Waals surface area contributed by atoms with Crippen molar-refractivity contribution in [1.29, 1.82) is 0 Å². The minimum Gasteiger partial charge on any atom is -0.351 e. The first-order chi connectivity index (χ1) is 32.1. The molecule has 12 aliphatic heterocycles. The Bertz CT molecular complexity index is 1620. The van der Waals surface area contributed by atoms with E-state index >= 15 is 0 Å². The second-order valence-corrected chi connectivity index (χ2v) is 24.3. The zero-order valence-electron chi connectivity index (χ0n) is 41.7. The highest BCUT2D eigenvalue weighted by molar-refractivity contribution is 5.12. The van der Waals surface area contributed by atoms with Crippen LogP contribution in [-0.4, -0.2) is 116 Å². The third kappa shape index (κ3) is 7.40. The average molecular weight is 948 g/mol. The summed E-state index contributed by atoms with van der Waals surface area (Å²) in [6, 6.07) is 0. The lowest BCUT2D eigenvalue weighted by atomic mass is 9.58. The van der Waals surface area contributed by atoms with Crippen molar-refractivity contribution >= 4 is 0 Å². The van der Waals surface area contributed by atoms with E-state index in [2.05, 4.69) is 46.4 Å². The molecule has 16 heteroatoms. The van der Waals surface area contributed by atoms with Crippen LogP contribution in [0.25, 0.3) is 0 Å². The number of hydrogen-bond donors (Lipinski definition) is 0. The molecule has 24 atom stereocenters. The van der Waals surface area contributed by atoms with Gasteiger partial charge in [-0.25, -0.2) is 29.3 Å². The maximum absolute atomic E-state index is 6.81. The number of hydrogen-bond acceptors (Lipinski definition) is 16. The minimum atomic E-state index is -0.838. The van der Waals surface area contributed by atoms with Crippen LogP contribution in [0.1, 0.15) is 139 Å². The van der Waals surface area contributed by atoms with Crippen molar-refractivity contribution in [2.45, 2.75) is 211 Å². The van der Waals surface area contributed by atoms with Crippen molar-refractivity contribution in [3.8, 4) is 0 Å². The van der Waals surface area contributed by atoms with Crippen LogP contribution in [0.5, 0.6) is 0 Å². The highest BCUT2D eigenvalue weighted by atomic mass is 17.3. The van der Waals surface area contributed by atoms with Gasteiger partial charge >= 0.3 is 0 Å². The molecule has 380 valence electrons. The summed E-state index contributed by atoms with van der Waals surface area (Å²) in [6.07, 6.45) is 8.80. The van der Waals surface area contributed by atoms with E-state index in [1.54, 1.807) is 0 Å². The van der Waals surface area contributed by atoms with Crippen LogP contribution in [0, 0.1) is 71.0 Å². The molecular formula is C51H81NO15.